The fourth-order valence-electron chi connectivity index (χ4n) is 4.17. The zero-order valence-electron chi connectivity index (χ0n) is 16.5. The highest BCUT2D eigenvalue weighted by atomic mass is 16.5. The van der Waals surface area contributed by atoms with Gasteiger partial charge in [-0.2, -0.15) is 0 Å². The van der Waals surface area contributed by atoms with Crippen molar-refractivity contribution in [3.05, 3.63) is 80.9 Å². The fraction of sp³-hybridized carbons (Fsp3) is 0.250. The number of esters is 1. The maximum Gasteiger partial charge on any atom is 0.374 e. The molecule has 0 bridgehead atoms. The second-order valence-electron chi connectivity index (χ2n) is 7.48. The van der Waals surface area contributed by atoms with Crippen molar-refractivity contribution in [1.82, 2.24) is 0 Å². The van der Waals surface area contributed by atoms with E-state index in [2.05, 4.69) is 0 Å². The molecule has 5 rings (SSSR count). The van der Waals surface area contributed by atoms with Crippen molar-refractivity contribution in [3.63, 3.8) is 0 Å². The smallest absolute Gasteiger partial charge is 0.374 e. The van der Waals surface area contributed by atoms with Crippen molar-refractivity contribution >= 4 is 27.9 Å². The maximum absolute atomic E-state index is 12.8. The lowest BCUT2D eigenvalue weighted by atomic mass is 10.0. The Morgan fingerprint density at radius 2 is 1.77 bits per heavy atom. The Labute approximate surface area is 172 Å². The number of carbonyl (C=O) groups excluding carboxylic acids is 1. The van der Waals surface area contributed by atoms with Crippen LogP contribution in [0.15, 0.2) is 56.1 Å². The van der Waals surface area contributed by atoms with Gasteiger partial charge in [-0.15, -0.1) is 0 Å². The summed E-state index contributed by atoms with van der Waals surface area (Å²) in [5, 5.41) is 1.61. The molecule has 2 aromatic carbocycles. The van der Waals surface area contributed by atoms with Crippen LogP contribution in [0.2, 0.25) is 0 Å². The van der Waals surface area contributed by atoms with E-state index in [1.807, 2.05) is 30.3 Å². The van der Waals surface area contributed by atoms with E-state index >= 15 is 0 Å². The van der Waals surface area contributed by atoms with Gasteiger partial charge in [-0.3, -0.25) is 0 Å². The van der Waals surface area contributed by atoms with Crippen LogP contribution in [0.5, 0.6) is 0 Å². The Morgan fingerprint density at radius 3 is 2.60 bits per heavy atom. The largest absolute Gasteiger partial charge is 0.455 e. The van der Waals surface area contributed by atoms with E-state index in [-0.39, 0.29) is 19.0 Å². The van der Waals surface area contributed by atoms with Crippen molar-refractivity contribution in [2.75, 3.05) is 7.11 Å². The Bertz CT molecular complexity index is 1330. The Morgan fingerprint density at radius 1 is 0.967 bits per heavy atom. The minimum absolute atomic E-state index is 0.0524. The molecule has 152 valence electrons. The van der Waals surface area contributed by atoms with Crippen molar-refractivity contribution in [1.29, 1.82) is 0 Å². The van der Waals surface area contributed by atoms with Crippen LogP contribution in [-0.4, -0.2) is 13.1 Å². The van der Waals surface area contributed by atoms with Crippen LogP contribution in [0.3, 0.4) is 0 Å². The highest BCUT2D eigenvalue weighted by molar-refractivity contribution is 5.96. The van der Waals surface area contributed by atoms with Crippen LogP contribution >= 0.6 is 0 Å². The third-order valence-corrected chi connectivity index (χ3v) is 5.57. The van der Waals surface area contributed by atoms with Gasteiger partial charge in [-0.05, 0) is 48.6 Å². The number of ether oxygens (including phenoxy) is 2. The lowest BCUT2D eigenvalue weighted by Gasteiger charge is -2.09. The topological polar surface area (TPSA) is 78.9 Å². The normalized spacial score (nSPS) is 13.1. The third-order valence-electron chi connectivity index (χ3n) is 5.57. The molecule has 1 aliphatic carbocycles. The first kappa shape index (κ1) is 18.6. The molecule has 0 radical (unpaired) electrons. The van der Waals surface area contributed by atoms with Crippen LogP contribution in [0.1, 0.15) is 39.2 Å². The molecule has 0 unspecified atom stereocenters. The molecule has 0 fully saturated rings. The fourth-order valence-corrected chi connectivity index (χ4v) is 4.17. The quantitative estimate of drug-likeness (QED) is 0.359. The van der Waals surface area contributed by atoms with Crippen LogP contribution in [0.25, 0.3) is 21.9 Å². The summed E-state index contributed by atoms with van der Waals surface area (Å²) < 4.78 is 21.9. The molecular weight excluding hydrogens is 384 g/mol. The van der Waals surface area contributed by atoms with Gasteiger partial charge in [-0.25, -0.2) is 9.59 Å². The molecule has 30 heavy (non-hydrogen) atoms. The van der Waals surface area contributed by atoms with Gasteiger partial charge in [0.15, 0.2) is 0 Å². The lowest BCUT2D eigenvalue weighted by Crippen LogP contribution is -2.09. The van der Waals surface area contributed by atoms with Crippen molar-refractivity contribution in [2.45, 2.75) is 32.5 Å². The molecule has 0 amide bonds. The average Bonchev–Trinajstić information content (AvgIpc) is 3.35. The molecule has 0 atom stereocenters. The first-order valence-electron chi connectivity index (χ1n) is 9.89. The number of aryl methyl sites for hydroxylation is 2. The van der Waals surface area contributed by atoms with Crippen LogP contribution in [0, 0.1) is 0 Å². The van der Waals surface area contributed by atoms with Gasteiger partial charge in [0.2, 0.25) is 5.76 Å². The second kappa shape index (κ2) is 7.46. The standard InChI is InChI=1S/C24H20O6/c1-27-13-19-17-7-2-3-8-20(17)30-23(19)24(26)28-12-16-11-22(25)29-21-10-15-6-4-5-14(15)9-18(16)21/h2-3,7-11H,4-6,12-13H2,1H3. The summed E-state index contributed by atoms with van der Waals surface area (Å²) in [5.41, 5.74) is 4.39. The molecule has 2 heterocycles. The van der Waals surface area contributed by atoms with Gasteiger partial charge in [0, 0.05) is 35.1 Å². The molecule has 6 nitrogen and oxygen atoms in total. The monoisotopic (exact) mass is 404 g/mol. The van der Waals surface area contributed by atoms with Crippen molar-refractivity contribution in [2.24, 2.45) is 0 Å². The number of hydrogen-bond donors (Lipinski definition) is 0. The molecule has 4 aromatic rings. The zero-order valence-corrected chi connectivity index (χ0v) is 16.5. The summed E-state index contributed by atoms with van der Waals surface area (Å²) in [6.07, 6.45) is 3.08. The number of rotatable bonds is 5. The second-order valence-corrected chi connectivity index (χ2v) is 7.48. The molecule has 0 saturated carbocycles. The Hall–Kier alpha value is -3.38. The molecule has 1 aliphatic rings. The number of fused-ring (bicyclic) bond motifs is 3. The number of furan rings is 1. The van der Waals surface area contributed by atoms with Gasteiger partial charge in [0.25, 0.3) is 0 Å². The predicted octanol–water partition coefficient (Wildman–Crippen LogP) is 4.53. The number of para-hydroxylation sites is 1. The molecule has 0 spiro atoms. The SMILES string of the molecule is COCc1c(C(=O)OCc2cc(=O)oc3cc4c(cc23)CCC4)oc2ccccc12. The first-order valence-corrected chi connectivity index (χ1v) is 9.89. The molecule has 0 saturated heterocycles. The molecule has 6 heteroatoms. The van der Waals surface area contributed by atoms with Crippen LogP contribution in [-0.2, 0) is 35.5 Å². The first-order chi connectivity index (χ1) is 14.6. The summed E-state index contributed by atoms with van der Waals surface area (Å²) in [7, 11) is 1.56. The average molecular weight is 404 g/mol. The van der Waals surface area contributed by atoms with E-state index in [1.165, 1.54) is 17.2 Å². The van der Waals surface area contributed by atoms with Crippen LogP contribution in [0.4, 0.5) is 0 Å². The van der Waals surface area contributed by atoms with Gasteiger partial charge < -0.3 is 18.3 Å². The van der Waals surface area contributed by atoms with E-state index in [9.17, 15) is 9.59 Å². The zero-order chi connectivity index (χ0) is 20.7. The number of hydrogen-bond acceptors (Lipinski definition) is 6. The molecule has 2 aromatic heterocycles. The Kier molecular flexibility index (Phi) is 4.64. The van der Waals surface area contributed by atoms with Gasteiger partial charge in [0.05, 0.1) is 6.61 Å². The van der Waals surface area contributed by atoms with Crippen LogP contribution < -0.4 is 5.63 Å². The van der Waals surface area contributed by atoms with Crippen molar-refractivity contribution in [3.8, 4) is 0 Å². The third kappa shape index (κ3) is 3.19. The van der Waals surface area contributed by atoms with E-state index in [1.54, 1.807) is 13.2 Å². The van der Waals surface area contributed by atoms with E-state index in [0.717, 1.165) is 30.0 Å². The molecule has 0 aliphatic heterocycles. The van der Waals surface area contributed by atoms with Gasteiger partial charge in [-0.1, -0.05) is 18.2 Å². The summed E-state index contributed by atoms with van der Waals surface area (Å²) in [5.74, 6) is -0.480. The predicted molar refractivity (Wildman–Crippen MR) is 111 cm³/mol. The Balaban J connectivity index is 1.47. The highest BCUT2D eigenvalue weighted by Crippen LogP contribution is 2.30. The molecular formula is C24H20O6. The summed E-state index contributed by atoms with van der Waals surface area (Å²) in [6.45, 7) is 0.175. The number of benzene rings is 2. The van der Waals surface area contributed by atoms with E-state index in [4.69, 9.17) is 18.3 Å². The van der Waals surface area contributed by atoms with Gasteiger partial charge >= 0.3 is 11.6 Å². The number of methoxy groups -OCH3 is 1. The minimum Gasteiger partial charge on any atom is -0.455 e. The highest BCUT2D eigenvalue weighted by Gasteiger charge is 2.22. The van der Waals surface area contributed by atoms with E-state index < -0.39 is 11.6 Å². The van der Waals surface area contributed by atoms with E-state index in [0.29, 0.717) is 22.3 Å². The minimum atomic E-state index is -0.596. The van der Waals surface area contributed by atoms with Crippen molar-refractivity contribution < 1.29 is 23.1 Å². The summed E-state index contributed by atoms with van der Waals surface area (Å²) >= 11 is 0. The maximum atomic E-state index is 12.8. The molecule has 0 N–H and O–H groups in total. The summed E-state index contributed by atoms with van der Waals surface area (Å²) in [6, 6.07) is 12.7. The lowest BCUT2D eigenvalue weighted by molar-refractivity contribution is 0.0433. The summed E-state index contributed by atoms with van der Waals surface area (Å²) in [4.78, 5) is 24.9. The number of carbonyl (C=O) groups is 1. The van der Waals surface area contributed by atoms with Gasteiger partial charge in [0.1, 0.15) is 17.8 Å².